The summed E-state index contributed by atoms with van der Waals surface area (Å²) >= 11 is 0. The fourth-order valence-corrected chi connectivity index (χ4v) is 3.90. The highest BCUT2D eigenvalue weighted by molar-refractivity contribution is 5.97. The number of hydrogen-bond acceptors (Lipinski definition) is 5. The Morgan fingerprint density at radius 3 is 2.55 bits per heavy atom. The molecule has 0 aliphatic rings. The highest BCUT2D eigenvalue weighted by Crippen LogP contribution is 2.29. The van der Waals surface area contributed by atoms with Gasteiger partial charge in [0.05, 0.1) is 17.6 Å². The molecule has 0 bridgehead atoms. The van der Waals surface area contributed by atoms with Gasteiger partial charge in [0.1, 0.15) is 6.33 Å². The molecular formula is C24H29N5O2. The van der Waals surface area contributed by atoms with Crippen molar-refractivity contribution < 1.29 is 4.74 Å². The molecule has 0 atom stereocenters. The Labute approximate surface area is 181 Å². The Kier molecular flexibility index (Phi) is 5.78. The Hall–Kier alpha value is -3.19. The average molecular weight is 420 g/mol. The molecule has 0 fully saturated rings. The van der Waals surface area contributed by atoms with Gasteiger partial charge >= 0.3 is 0 Å². The topological polar surface area (TPSA) is 64.7 Å². The summed E-state index contributed by atoms with van der Waals surface area (Å²) in [6, 6.07) is 10.1. The highest BCUT2D eigenvalue weighted by atomic mass is 16.5. The molecule has 3 heterocycles. The second-order valence-corrected chi connectivity index (χ2v) is 8.46. The Morgan fingerprint density at radius 1 is 1.10 bits per heavy atom. The van der Waals surface area contributed by atoms with Crippen LogP contribution >= 0.6 is 0 Å². The van der Waals surface area contributed by atoms with Crippen molar-refractivity contribution in [2.24, 2.45) is 7.05 Å². The van der Waals surface area contributed by atoms with Gasteiger partial charge in [0.25, 0.3) is 5.56 Å². The minimum absolute atomic E-state index is 0.0205. The minimum Gasteiger partial charge on any atom is -0.478 e. The van der Waals surface area contributed by atoms with E-state index in [1.54, 1.807) is 18.1 Å². The third-order valence-corrected chi connectivity index (χ3v) is 5.54. The lowest BCUT2D eigenvalue weighted by atomic mass is 10.00. The van der Waals surface area contributed by atoms with Gasteiger partial charge in [0.15, 0.2) is 0 Å². The molecule has 31 heavy (non-hydrogen) atoms. The van der Waals surface area contributed by atoms with E-state index >= 15 is 0 Å². The fourth-order valence-electron chi connectivity index (χ4n) is 3.90. The lowest BCUT2D eigenvalue weighted by molar-refractivity contribution is 0.273. The molecule has 4 aromatic rings. The smallest absolute Gasteiger partial charge is 0.270 e. The van der Waals surface area contributed by atoms with Crippen LogP contribution < -0.4 is 10.3 Å². The fraction of sp³-hybridized carbons (Fsp3) is 0.375. The number of pyridine rings is 1. The first kappa shape index (κ1) is 21.1. The van der Waals surface area contributed by atoms with E-state index in [0.717, 1.165) is 46.1 Å². The molecule has 0 N–H and O–H groups in total. The summed E-state index contributed by atoms with van der Waals surface area (Å²) in [7, 11) is 5.88. The van der Waals surface area contributed by atoms with Crippen molar-refractivity contribution in [3.05, 3.63) is 58.8 Å². The summed E-state index contributed by atoms with van der Waals surface area (Å²) < 4.78 is 9.20. The van der Waals surface area contributed by atoms with E-state index in [1.165, 1.54) is 0 Å². The quantitative estimate of drug-likeness (QED) is 0.428. The summed E-state index contributed by atoms with van der Waals surface area (Å²) in [6.07, 6.45) is 4.50. The first-order valence-electron chi connectivity index (χ1n) is 10.6. The van der Waals surface area contributed by atoms with Crippen LogP contribution in [0.2, 0.25) is 0 Å². The molecule has 0 spiro atoms. The van der Waals surface area contributed by atoms with E-state index in [2.05, 4.69) is 35.0 Å². The van der Waals surface area contributed by atoms with E-state index < -0.39 is 0 Å². The van der Waals surface area contributed by atoms with Crippen LogP contribution in [0, 0.1) is 0 Å². The third-order valence-electron chi connectivity index (χ3n) is 5.54. The molecule has 0 aliphatic heterocycles. The zero-order valence-corrected chi connectivity index (χ0v) is 18.8. The van der Waals surface area contributed by atoms with Crippen molar-refractivity contribution in [3.63, 3.8) is 0 Å². The Balaban J connectivity index is 1.70. The maximum Gasteiger partial charge on any atom is 0.270 e. The molecule has 0 saturated heterocycles. The number of ether oxygens (including phenoxy) is 1. The zero-order chi connectivity index (χ0) is 22.1. The maximum atomic E-state index is 12.8. The molecule has 4 rings (SSSR count). The largest absolute Gasteiger partial charge is 0.478 e. The standard InChI is InChI=1S/C24H29N5O2/c1-16(2)22-23-19-13-17(7-9-20(19)26-15-29(23)28(5)24(22)30)18-8-10-21(25-14-18)31-12-6-11-27(3)4/h7-10,13-16H,6,11-12H2,1-5H3. The first-order valence-corrected chi connectivity index (χ1v) is 10.6. The van der Waals surface area contributed by atoms with Crippen LogP contribution in [0.1, 0.15) is 31.7 Å². The van der Waals surface area contributed by atoms with E-state index in [-0.39, 0.29) is 11.5 Å². The number of aromatic nitrogens is 4. The van der Waals surface area contributed by atoms with Gasteiger partial charge < -0.3 is 9.64 Å². The van der Waals surface area contributed by atoms with Gasteiger partial charge in [-0.2, -0.15) is 0 Å². The van der Waals surface area contributed by atoms with E-state index in [9.17, 15) is 4.79 Å². The van der Waals surface area contributed by atoms with Gasteiger partial charge in [-0.3, -0.25) is 4.79 Å². The molecule has 0 amide bonds. The predicted octanol–water partition coefficient (Wildman–Crippen LogP) is 3.70. The summed E-state index contributed by atoms with van der Waals surface area (Å²) in [5.41, 5.74) is 4.64. The molecule has 162 valence electrons. The minimum atomic E-state index is 0.0205. The number of aryl methyl sites for hydroxylation is 1. The summed E-state index contributed by atoms with van der Waals surface area (Å²) in [5.74, 6) is 0.743. The van der Waals surface area contributed by atoms with Crippen LogP contribution in [0.3, 0.4) is 0 Å². The van der Waals surface area contributed by atoms with Gasteiger partial charge in [0, 0.05) is 42.4 Å². The Morgan fingerprint density at radius 2 is 1.87 bits per heavy atom. The van der Waals surface area contributed by atoms with Crippen molar-refractivity contribution in [1.29, 1.82) is 0 Å². The van der Waals surface area contributed by atoms with Crippen LogP contribution in [0.4, 0.5) is 0 Å². The van der Waals surface area contributed by atoms with E-state index in [4.69, 9.17) is 4.74 Å². The molecule has 3 aromatic heterocycles. The maximum absolute atomic E-state index is 12.8. The summed E-state index contributed by atoms with van der Waals surface area (Å²) in [6.45, 7) is 5.73. The number of fused-ring (bicyclic) bond motifs is 3. The molecule has 1 aromatic carbocycles. The summed E-state index contributed by atoms with van der Waals surface area (Å²) in [5, 5.41) is 0.963. The highest BCUT2D eigenvalue weighted by Gasteiger charge is 2.18. The molecule has 0 saturated carbocycles. The number of benzene rings is 1. The Bertz CT molecular complexity index is 1270. The van der Waals surface area contributed by atoms with Crippen molar-refractivity contribution in [2.45, 2.75) is 26.2 Å². The van der Waals surface area contributed by atoms with Gasteiger partial charge in [0.2, 0.25) is 5.88 Å². The monoisotopic (exact) mass is 419 g/mol. The molecule has 0 radical (unpaired) electrons. The third kappa shape index (κ3) is 4.05. The van der Waals surface area contributed by atoms with Crippen LogP contribution in [0.5, 0.6) is 5.88 Å². The van der Waals surface area contributed by atoms with Crippen LogP contribution in [0.25, 0.3) is 27.5 Å². The molecular weight excluding hydrogens is 390 g/mol. The number of nitrogens with zero attached hydrogens (tertiary/aromatic N) is 5. The van der Waals surface area contributed by atoms with Gasteiger partial charge in [-0.05, 0) is 50.2 Å². The van der Waals surface area contributed by atoms with Gasteiger partial charge in [-0.25, -0.2) is 19.2 Å². The number of hydrogen-bond donors (Lipinski definition) is 0. The lowest BCUT2D eigenvalue weighted by Gasteiger charge is -2.10. The van der Waals surface area contributed by atoms with Crippen molar-refractivity contribution in [3.8, 4) is 17.0 Å². The molecule has 7 heteroatoms. The van der Waals surface area contributed by atoms with Crippen LogP contribution in [0.15, 0.2) is 47.7 Å². The second kappa shape index (κ2) is 8.51. The van der Waals surface area contributed by atoms with Crippen molar-refractivity contribution in [1.82, 2.24) is 24.1 Å². The molecule has 7 nitrogen and oxygen atoms in total. The average Bonchev–Trinajstić information content (AvgIpc) is 3.02. The normalized spacial score (nSPS) is 11.8. The van der Waals surface area contributed by atoms with Crippen LogP contribution in [-0.4, -0.2) is 51.3 Å². The molecule has 0 unspecified atom stereocenters. The SMILES string of the molecule is CC(C)c1c(=O)n(C)n2cnc3ccc(-c4ccc(OCCCN(C)C)nc4)cc3c12. The second-order valence-electron chi connectivity index (χ2n) is 8.46. The lowest BCUT2D eigenvalue weighted by Crippen LogP contribution is -2.17. The van der Waals surface area contributed by atoms with E-state index in [0.29, 0.717) is 12.5 Å². The predicted molar refractivity (Wildman–Crippen MR) is 124 cm³/mol. The van der Waals surface area contributed by atoms with Crippen molar-refractivity contribution in [2.75, 3.05) is 27.2 Å². The van der Waals surface area contributed by atoms with E-state index in [1.807, 2.05) is 48.8 Å². The number of rotatable bonds is 7. The molecule has 0 aliphatic carbocycles. The summed E-state index contributed by atoms with van der Waals surface area (Å²) in [4.78, 5) is 24.0. The first-order chi connectivity index (χ1) is 14.9. The van der Waals surface area contributed by atoms with Crippen LogP contribution in [-0.2, 0) is 7.05 Å². The zero-order valence-electron chi connectivity index (χ0n) is 18.8. The van der Waals surface area contributed by atoms with Crippen molar-refractivity contribution >= 4 is 16.4 Å². The van der Waals surface area contributed by atoms with Gasteiger partial charge in [-0.1, -0.05) is 19.9 Å². The van der Waals surface area contributed by atoms with Gasteiger partial charge in [-0.15, -0.1) is 0 Å².